The van der Waals surface area contributed by atoms with Gasteiger partial charge in [-0.25, -0.2) is 0 Å². The van der Waals surface area contributed by atoms with Gasteiger partial charge in [0.1, 0.15) is 0 Å². The zero-order valence-corrected chi connectivity index (χ0v) is 24.5. The van der Waals surface area contributed by atoms with Crippen molar-refractivity contribution in [1.82, 2.24) is 0 Å². The summed E-state index contributed by atoms with van der Waals surface area (Å²) in [5.74, 6) is 0. The van der Waals surface area contributed by atoms with Gasteiger partial charge in [0.25, 0.3) is 0 Å². The van der Waals surface area contributed by atoms with E-state index in [0.717, 1.165) is 66.2 Å². The minimum absolute atomic E-state index is 0.373. The molecule has 4 heterocycles. The SMILES string of the molecule is CC(C)(C)C12[Se]P3[C@@]4(C(C)(C)C)[Se][C@@]3(C(C)(C)C)P1[Se][Se]P24. The molecule has 0 aromatic carbocycles. The Bertz CT molecular complexity index is 510. The molecule has 0 nitrogen and oxygen atoms in total. The van der Waals surface area contributed by atoms with Gasteiger partial charge in [-0.05, 0) is 0 Å². The second kappa shape index (κ2) is 4.85. The molecule has 7 heteroatoms. The zero-order valence-electron chi connectivity index (χ0n) is 15.0. The van der Waals surface area contributed by atoms with Crippen LogP contribution in [-0.4, -0.2) is 66.2 Å². The Morgan fingerprint density at radius 1 is 0.545 bits per heavy atom. The molecule has 0 amide bonds. The Kier molecular flexibility index (Phi) is 4.13. The summed E-state index contributed by atoms with van der Waals surface area (Å²) in [6, 6.07) is 0. The van der Waals surface area contributed by atoms with Crippen LogP contribution in [0.15, 0.2) is 0 Å². The molecule has 0 saturated carbocycles. The molecular weight excluding hydrogens is 589 g/mol. The fraction of sp³-hybridized carbons (Fsp3) is 1.00. The summed E-state index contributed by atoms with van der Waals surface area (Å²) in [4.78, 5) is 0. The number of hydrogen-bond donors (Lipinski definition) is 0. The van der Waals surface area contributed by atoms with Crippen molar-refractivity contribution in [2.75, 3.05) is 0 Å². The monoisotopic (exact) mass is 620 g/mol. The van der Waals surface area contributed by atoms with Crippen LogP contribution in [0.4, 0.5) is 0 Å². The van der Waals surface area contributed by atoms with Gasteiger partial charge in [0.2, 0.25) is 0 Å². The summed E-state index contributed by atoms with van der Waals surface area (Å²) in [5, 5.41) is 0. The maximum atomic E-state index is 2.65. The van der Waals surface area contributed by atoms with Crippen LogP contribution in [0.25, 0.3) is 0 Å². The van der Waals surface area contributed by atoms with Gasteiger partial charge in [-0.3, -0.25) is 0 Å². The van der Waals surface area contributed by atoms with Crippen LogP contribution >= 0.6 is 19.8 Å². The molecule has 2 bridgehead atoms. The van der Waals surface area contributed by atoms with E-state index in [1.807, 2.05) is 0 Å². The van der Waals surface area contributed by atoms with Gasteiger partial charge in [0.15, 0.2) is 0 Å². The first-order valence-corrected chi connectivity index (χ1v) is 25.5. The first-order chi connectivity index (χ1) is 9.77. The minimum atomic E-state index is 0.373. The van der Waals surface area contributed by atoms with Crippen molar-refractivity contribution in [3.63, 3.8) is 0 Å². The van der Waals surface area contributed by atoms with Crippen molar-refractivity contribution < 1.29 is 0 Å². The number of fused-ring (bicyclic) bond motifs is 2. The molecule has 0 N–H and O–H groups in total. The molecule has 0 aromatic heterocycles. The van der Waals surface area contributed by atoms with Gasteiger partial charge in [0, 0.05) is 0 Å². The Morgan fingerprint density at radius 3 is 1.23 bits per heavy atom. The fourth-order valence-electron chi connectivity index (χ4n) is 4.05. The van der Waals surface area contributed by atoms with Crippen LogP contribution in [-0.2, 0) is 0 Å². The Morgan fingerprint density at radius 2 is 0.909 bits per heavy atom. The van der Waals surface area contributed by atoms with Crippen molar-refractivity contribution in [3.8, 4) is 0 Å². The molecule has 0 aromatic rings. The quantitative estimate of drug-likeness (QED) is 0.264. The molecule has 0 aliphatic carbocycles. The molecular formula is C15H27P3Se4. The second-order valence-electron chi connectivity index (χ2n) is 9.80. The summed E-state index contributed by atoms with van der Waals surface area (Å²) < 4.78 is 2.77. The summed E-state index contributed by atoms with van der Waals surface area (Å²) >= 11 is 4.14. The van der Waals surface area contributed by atoms with Crippen molar-refractivity contribution in [1.29, 1.82) is 0 Å². The van der Waals surface area contributed by atoms with Gasteiger partial charge >= 0.3 is 165 Å². The molecule has 4 saturated heterocycles. The maximum absolute atomic E-state index is 2.65. The summed E-state index contributed by atoms with van der Waals surface area (Å²) in [7, 11) is 0. The number of rotatable bonds is 0. The molecule has 4 rings (SSSR count). The average molecular weight is 616 g/mol. The molecule has 22 heavy (non-hydrogen) atoms. The second-order valence-corrected chi connectivity index (χ2v) is 45.2. The van der Waals surface area contributed by atoms with Crippen molar-refractivity contribution in [2.24, 2.45) is 16.2 Å². The van der Waals surface area contributed by atoms with Crippen LogP contribution in [0.1, 0.15) is 62.3 Å². The fourth-order valence-corrected chi connectivity index (χ4v) is 149. The third kappa shape index (κ3) is 1.72. The molecule has 4 aliphatic heterocycles. The summed E-state index contributed by atoms with van der Waals surface area (Å²) in [6.07, 6.45) is 0. The summed E-state index contributed by atoms with van der Waals surface area (Å²) in [5.41, 5.74) is 1.83. The van der Waals surface area contributed by atoms with Gasteiger partial charge in [-0.15, -0.1) is 0 Å². The van der Waals surface area contributed by atoms with E-state index in [1.165, 1.54) is 0 Å². The third-order valence-corrected chi connectivity index (χ3v) is 82.1. The molecule has 4 fully saturated rings. The predicted octanol–water partition coefficient (Wildman–Crippen LogP) is 5.06. The van der Waals surface area contributed by atoms with Gasteiger partial charge < -0.3 is 0 Å². The predicted molar refractivity (Wildman–Crippen MR) is 110 cm³/mol. The van der Waals surface area contributed by atoms with Crippen LogP contribution in [0, 0.1) is 16.2 Å². The van der Waals surface area contributed by atoms with Crippen molar-refractivity contribution >= 4 is 74.7 Å². The van der Waals surface area contributed by atoms with E-state index in [0.29, 0.717) is 36.1 Å². The van der Waals surface area contributed by atoms with Crippen LogP contribution in [0.5, 0.6) is 0 Å². The average Bonchev–Trinajstić information content (AvgIpc) is 2.71. The van der Waals surface area contributed by atoms with Gasteiger partial charge in [-0.1, -0.05) is 0 Å². The Hall–Kier alpha value is 3.37. The first-order valence-electron chi connectivity index (χ1n) is 7.92. The van der Waals surface area contributed by atoms with E-state index in [2.05, 4.69) is 62.3 Å². The van der Waals surface area contributed by atoms with E-state index in [4.69, 9.17) is 0 Å². The molecule has 4 atom stereocenters. The van der Waals surface area contributed by atoms with Crippen molar-refractivity contribution in [2.45, 2.75) is 73.7 Å². The topological polar surface area (TPSA) is 0 Å². The molecule has 126 valence electrons. The van der Waals surface area contributed by atoms with Crippen LogP contribution in [0.3, 0.4) is 0 Å². The van der Waals surface area contributed by atoms with E-state index in [9.17, 15) is 0 Å². The molecule has 0 spiro atoms. The normalized spacial score (nSPS) is 53.0. The van der Waals surface area contributed by atoms with E-state index >= 15 is 0 Å². The molecule has 2 unspecified atom stereocenters. The van der Waals surface area contributed by atoms with Crippen LogP contribution in [0.2, 0.25) is 0 Å². The zero-order chi connectivity index (χ0) is 16.6. The summed E-state index contributed by atoms with van der Waals surface area (Å²) in [6.45, 7) is 25.0. The number of hydrogen-bond acceptors (Lipinski definition) is 0. The standard InChI is InChI=1S/C15H27P3Se4/c1-10(2,3)13-16-14(19-13,11(4,5)6)18-15(20-16,12(7,8)9)17(13)21-22-18/h1-9H3/t13-,14-,15?,16?,17?,18?/m1/s1. The van der Waals surface area contributed by atoms with Crippen molar-refractivity contribution in [3.05, 3.63) is 0 Å². The van der Waals surface area contributed by atoms with Gasteiger partial charge in [0.05, 0.1) is 0 Å². The van der Waals surface area contributed by atoms with E-state index in [1.54, 1.807) is 0 Å². The Labute approximate surface area is 163 Å². The molecule has 0 radical (unpaired) electrons. The first kappa shape index (κ1) is 18.7. The van der Waals surface area contributed by atoms with Crippen LogP contribution < -0.4 is 0 Å². The Balaban J connectivity index is 1.96. The molecule has 4 aliphatic rings. The van der Waals surface area contributed by atoms with Gasteiger partial charge in [-0.2, -0.15) is 0 Å². The van der Waals surface area contributed by atoms with E-state index < -0.39 is 0 Å². The third-order valence-electron chi connectivity index (χ3n) is 5.27. The van der Waals surface area contributed by atoms with E-state index in [-0.39, 0.29) is 0 Å².